The van der Waals surface area contributed by atoms with Crippen LogP contribution in [0, 0.1) is 6.92 Å². The summed E-state index contributed by atoms with van der Waals surface area (Å²) in [4.78, 5) is 18.6. The Morgan fingerprint density at radius 1 is 1.38 bits per heavy atom. The Hall–Kier alpha value is -1.62. The second-order valence-corrected chi connectivity index (χ2v) is 5.66. The van der Waals surface area contributed by atoms with Crippen LogP contribution in [-0.2, 0) is 0 Å². The number of rotatable bonds is 8. The van der Waals surface area contributed by atoms with Crippen LogP contribution in [0.2, 0.25) is 0 Å². The molecule has 0 bridgehead atoms. The molecule has 5 nitrogen and oxygen atoms in total. The van der Waals surface area contributed by atoms with Gasteiger partial charge < -0.3 is 15.5 Å². The number of amides is 1. The summed E-state index contributed by atoms with van der Waals surface area (Å²) in [6.07, 6.45) is 3.69. The first-order valence-corrected chi connectivity index (χ1v) is 7.58. The molecule has 118 valence electrons. The number of unbranched alkanes of at least 4 members (excludes halogenated alkanes) is 1. The van der Waals surface area contributed by atoms with Crippen molar-refractivity contribution in [1.82, 2.24) is 15.2 Å². The van der Waals surface area contributed by atoms with Gasteiger partial charge in [0.1, 0.15) is 0 Å². The Morgan fingerprint density at radius 3 is 2.71 bits per heavy atom. The van der Waals surface area contributed by atoms with Gasteiger partial charge in [0.25, 0.3) is 5.91 Å². The van der Waals surface area contributed by atoms with Crippen LogP contribution < -0.4 is 10.6 Å². The lowest BCUT2D eigenvalue weighted by Crippen LogP contribution is -2.29. The molecule has 0 aliphatic heterocycles. The molecule has 0 spiro atoms. The van der Waals surface area contributed by atoms with Gasteiger partial charge in [0, 0.05) is 31.5 Å². The molecule has 1 heterocycles. The van der Waals surface area contributed by atoms with E-state index in [-0.39, 0.29) is 5.91 Å². The van der Waals surface area contributed by atoms with Crippen LogP contribution in [0.15, 0.2) is 12.3 Å². The largest absolute Gasteiger partial charge is 0.387 e. The van der Waals surface area contributed by atoms with E-state index >= 15 is 0 Å². The summed E-state index contributed by atoms with van der Waals surface area (Å²) >= 11 is 0. The van der Waals surface area contributed by atoms with Crippen LogP contribution in [0.3, 0.4) is 0 Å². The van der Waals surface area contributed by atoms with Crippen molar-refractivity contribution in [2.75, 3.05) is 32.5 Å². The average Bonchev–Trinajstić information content (AvgIpc) is 2.45. The van der Waals surface area contributed by atoms with Crippen LogP contribution in [0.1, 0.15) is 42.7 Å². The first-order chi connectivity index (χ1) is 9.95. The molecule has 0 aliphatic carbocycles. The quantitative estimate of drug-likeness (QED) is 0.722. The molecular weight excluding hydrogens is 264 g/mol. The lowest BCUT2D eigenvalue weighted by atomic mass is 10.2. The van der Waals surface area contributed by atoms with Crippen molar-refractivity contribution in [3.8, 4) is 0 Å². The standard InChI is InChI=1S/C16H28N4O/c1-12(2)20(5)9-7-6-8-18-16(21)14-11-19-13(3)10-15(14)17-4/h10-12H,6-9H2,1-5H3,(H,17,19)(H,18,21). The van der Waals surface area contributed by atoms with Gasteiger partial charge in [0.05, 0.1) is 11.3 Å². The summed E-state index contributed by atoms with van der Waals surface area (Å²) in [6.45, 7) is 8.04. The maximum absolute atomic E-state index is 12.1. The van der Waals surface area contributed by atoms with E-state index in [0.717, 1.165) is 30.8 Å². The average molecular weight is 292 g/mol. The summed E-state index contributed by atoms with van der Waals surface area (Å²) in [5, 5.41) is 6.00. The summed E-state index contributed by atoms with van der Waals surface area (Å²) < 4.78 is 0. The van der Waals surface area contributed by atoms with Crippen LogP contribution in [0.4, 0.5) is 5.69 Å². The molecule has 0 radical (unpaired) electrons. The number of anilines is 1. The molecule has 1 aromatic rings. The van der Waals surface area contributed by atoms with Crippen LogP contribution in [-0.4, -0.2) is 49.0 Å². The summed E-state index contributed by atoms with van der Waals surface area (Å²) in [7, 11) is 3.94. The fourth-order valence-electron chi connectivity index (χ4n) is 1.99. The molecule has 0 saturated carbocycles. The van der Waals surface area contributed by atoms with E-state index in [4.69, 9.17) is 0 Å². The Bertz CT molecular complexity index is 460. The van der Waals surface area contributed by atoms with Gasteiger partial charge in [-0.1, -0.05) is 0 Å². The van der Waals surface area contributed by atoms with Gasteiger partial charge >= 0.3 is 0 Å². The topological polar surface area (TPSA) is 57.3 Å². The van der Waals surface area contributed by atoms with Crippen LogP contribution >= 0.6 is 0 Å². The van der Waals surface area contributed by atoms with Crippen molar-refractivity contribution >= 4 is 11.6 Å². The highest BCUT2D eigenvalue weighted by Gasteiger charge is 2.11. The second-order valence-electron chi connectivity index (χ2n) is 5.66. The molecule has 1 amide bonds. The van der Waals surface area contributed by atoms with Crippen LogP contribution in [0.25, 0.3) is 0 Å². The zero-order valence-electron chi connectivity index (χ0n) is 13.9. The number of hydrogen-bond donors (Lipinski definition) is 2. The van der Waals surface area contributed by atoms with E-state index in [1.807, 2.05) is 20.0 Å². The van der Waals surface area contributed by atoms with Gasteiger partial charge in [0.2, 0.25) is 0 Å². The van der Waals surface area contributed by atoms with E-state index in [1.54, 1.807) is 6.20 Å². The summed E-state index contributed by atoms with van der Waals surface area (Å²) in [6, 6.07) is 2.45. The number of hydrogen-bond acceptors (Lipinski definition) is 4. The summed E-state index contributed by atoms with van der Waals surface area (Å²) in [5.41, 5.74) is 2.31. The van der Waals surface area contributed by atoms with E-state index in [1.165, 1.54) is 0 Å². The second kappa shape index (κ2) is 8.62. The highest BCUT2D eigenvalue weighted by molar-refractivity contribution is 5.99. The molecule has 0 saturated heterocycles. The third-order valence-corrected chi connectivity index (χ3v) is 3.66. The number of aromatic nitrogens is 1. The molecule has 1 aromatic heterocycles. The third kappa shape index (κ3) is 5.71. The fourth-order valence-corrected chi connectivity index (χ4v) is 1.99. The predicted molar refractivity (Wildman–Crippen MR) is 87.9 cm³/mol. The molecular formula is C16H28N4O. The fraction of sp³-hybridized carbons (Fsp3) is 0.625. The first-order valence-electron chi connectivity index (χ1n) is 7.58. The van der Waals surface area contributed by atoms with Gasteiger partial charge in [-0.3, -0.25) is 9.78 Å². The highest BCUT2D eigenvalue weighted by Crippen LogP contribution is 2.14. The minimum absolute atomic E-state index is 0.0657. The first kappa shape index (κ1) is 17.4. The Kier molecular flexibility index (Phi) is 7.15. The van der Waals surface area contributed by atoms with Gasteiger partial charge in [-0.25, -0.2) is 0 Å². The monoisotopic (exact) mass is 292 g/mol. The molecule has 5 heteroatoms. The molecule has 0 unspecified atom stereocenters. The maximum Gasteiger partial charge on any atom is 0.254 e. The zero-order chi connectivity index (χ0) is 15.8. The minimum atomic E-state index is -0.0657. The van der Waals surface area contributed by atoms with Crippen LogP contribution in [0.5, 0.6) is 0 Å². The Balaban J connectivity index is 2.38. The number of nitrogens with one attached hydrogen (secondary N) is 2. The van der Waals surface area contributed by atoms with Crippen molar-refractivity contribution in [3.05, 3.63) is 23.5 Å². The zero-order valence-corrected chi connectivity index (χ0v) is 13.9. The van der Waals surface area contributed by atoms with Gasteiger partial charge in [0.15, 0.2) is 0 Å². The molecule has 0 fully saturated rings. The van der Waals surface area contributed by atoms with Gasteiger partial charge in [-0.2, -0.15) is 0 Å². The SMILES string of the molecule is CNc1cc(C)ncc1C(=O)NCCCCN(C)C(C)C. The van der Waals surface area contributed by atoms with Crippen molar-refractivity contribution < 1.29 is 4.79 Å². The molecule has 0 aliphatic rings. The number of carbonyl (C=O) groups excluding carboxylic acids is 1. The maximum atomic E-state index is 12.1. The lowest BCUT2D eigenvalue weighted by molar-refractivity contribution is 0.0953. The van der Waals surface area contributed by atoms with E-state index < -0.39 is 0 Å². The summed E-state index contributed by atoms with van der Waals surface area (Å²) in [5.74, 6) is -0.0657. The van der Waals surface area contributed by atoms with E-state index in [0.29, 0.717) is 18.2 Å². The molecule has 0 aromatic carbocycles. The molecule has 0 atom stereocenters. The lowest BCUT2D eigenvalue weighted by Gasteiger charge is -2.20. The number of carbonyl (C=O) groups is 1. The molecule has 21 heavy (non-hydrogen) atoms. The predicted octanol–water partition coefficient (Wildman–Crippen LogP) is 2.28. The van der Waals surface area contributed by atoms with Crippen molar-refractivity contribution in [3.63, 3.8) is 0 Å². The highest BCUT2D eigenvalue weighted by atomic mass is 16.1. The Morgan fingerprint density at radius 2 is 2.10 bits per heavy atom. The third-order valence-electron chi connectivity index (χ3n) is 3.66. The van der Waals surface area contributed by atoms with Crippen molar-refractivity contribution in [1.29, 1.82) is 0 Å². The van der Waals surface area contributed by atoms with Crippen molar-refractivity contribution in [2.24, 2.45) is 0 Å². The number of aryl methyl sites for hydroxylation is 1. The molecule has 2 N–H and O–H groups in total. The number of pyridine rings is 1. The van der Waals surface area contributed by atoms with Crippen molar-refractivity contribution in [2.45, 2.75) is 39.7 Å². The normalized spacial score (nSPS) is 11.0. The van der Waals surface area contributed by atoms with Gasteiger partial charge in [-0.05, 0) is 53.3 Å². The molecule has 1 rings (SSSR count). The minimum Gasteiger partial charge on any atom is -0.387 e. The number of nitrogens with zero attached hydrogens (tertiary/aromatic N) is 2. The van der Waals surface area contributed by atoms with E-state index in [2.05, 4.69) is 41.4 Å². The van der Waals surface area contributed by atoms with Gasteiger partial charge in [-0.15, -0.1) is 0 Å². The Labute approximate surface area is 128 Å². The smallest absolute Gasteiger partial charge is 0.254 e. The van der Waals surface area contributed by atoms with E-state index in [9.17, 15) is 4.79 Å².